The van der Waals surface area contributed by atoms with Gasteiger partial charge >= 0.3 is 0 Å². The van der Waals surface area contributed by atoms with Crippen LogP contribution < -0.4 is 5.32 Å². The van der Waals surface area contributed by atoms with E-state index < -0.39 is 15.9 Å². The lowest BCUT2D eigenvalue weighted by atomic mass is 9.99. The van der Waals surface area contributed by atoms with Crippen LogP contribution in [0.25, 0.3) is 0 Å². The van der Waals surface area contributed by atoms with Crippen molar-refractivity contribution in [1.82, 2.24) is 9.29 Å². The maximum atomic E-state index is 12.8. The van der Waals surface area contributed by atoms with Gasteiger partial charge in [-0.15, -0.1) is 0 Å². The number of pyridine rings is 1. The summed E-state index contributed by atoms with van der Waals surface area (Å²) in [7, 11) is -3.66. The first-order valence-electron chi connectivity index (χ1n) is 8.08. The summed E-state index contributed by atoms with van der Waals surface area (Å²) in [5.74, 6) is -0.911. The summed E-state index contributed by atoms with van der Waals surface area (Å²) in [6.07, 6.45) is 2.62. The molecule has 1 amide bonds. The van der Waals surface area contributed by atoms with Crippen molar-refractivity contribution in [2.24, 2.45) is 5.92 Å². The first-order valence-corrected chi connectivity index (χ1v) is 10.3. The molecule has 0 saturated carbocycles. The summed E-state index contributed by atoms with van der Waals surface area (Å²) in [5.41, 5.74) is 0. The van der Waals surface area contributed by atoms with E-state index in [1.807, 2.05) is 0 Å². The third-order valence-electron chi connectivity index (χ3n) is 4.23. The van der Waals surface area contributed by atoms with Crippen LogP contribution in [0.1, 0.15) is 12.8 Å². The quantitative estimate of drug-likeness (QED) is 0.762. The second-order valence-corrected chi connectivity index (χ2v) is 8.87. The molecule has 0 spiro atoms. The van der Waals surface area contributed by atoms with Gasteiger partial charge in [-0.3, -0.25) is 4.79 Å². The molecule has 1 atom stereocenters. The molecule has 2 N–H and O–H groups in total. The number of nitrogens with one attached hydrogen (secondary N) is 1. The van der Waals surface area contributed by atoms with Gasteiger partial charge in [-0.05, 0) is 49.2 Å². The van der Waals surface area contributed by atoms with Crippen molar-refractivity contribution in [3.8, 4) is 5.75 Å². The van der Waals surface area contributed by atoms with Gasteiger partial charge in [-0.1, -0.05) is 15.9 Å². The number of hydrogen-bond donors (Lipinski definition) is 2. The number of benzene rings is 1. The number of anilines is 1. The molecule has 1 aromatic heterocycles. The molecule has 0 bridgehead atoms. The van der Waals surface area contributed by atoms with Crippen LogP contribution in [0.2, 0.25) is 0 Å². The number of nitrogens with zero attached hydrogens (tertiary/aromatic N) is 2. The zero-order chi connectivity index (χ0) is 18.7. The predicted molar refractivity (Wildman–Crippen MR) is 100 cm³/mol. The summed E-state index contributed by atoms with van der Waals surface area (Å²) in [6, 6.07) is 9.39. The van der Waals surface area contributed by atoms with Gasteiger partial charge in [-0.25, -0.2) is 13.4 Å². The van der Waals surface area contributed by atoms with Crippen LogP contribution in [-0.4, -0.2) is 41.8 Å². The summed E-state index contributed by atoms with van der Waals surface area (Å²) < 4.78 is 27.7. The highest BCUT2D eigenvalue weighted by molar-refractivity contribution is 9.10. The molecule has 2 aromatic rings. The molecule has 3 rings (SSSR count). The van der Waals surface area contributed by atoms with Crippen molar-refractivity contribution >= 4 is 37.7 Å². The number of piperidine rings is 1. The number of carbonyl (C=O) groups excluding carboxylic acids is 1. The first kappa shape index (κ1) is 18.8. The molecule has 1 aliphatic heterocycles. The zero-order valence-corrected chi connectivity index (χ0v) is 16.2. The zero-order valence-electron chi connectivity index (χ0n) is 13.8. The Hall–Kier alpha value is -1.97. The predicted octanol–water partition coefficient (Wildman–Crippen LogP) is 2.59. The summed E-state index contributed by atoms with van der Waals surface area (Å²) in [4.78, 5) is 16.6. The molecule has 1 aliphatic rings. The minimum atomic E-state index is -3.66. The second kappa shape index (κ2) is 7.73. The topological polar surface area (TPSA) is 99.6 Å². The highest BCUT2D eigenvalue weighted by atomic mass is 79.9. The van der Waals surface area contributed by atoms with Gasteiger partial charge in [0.1, 0.15) is 0 Å². The van der Waals surface area contributed by atoms with Crippen LogP contribution in [0.5, 0.6) is 5.75 Å². The maximum Gasteiger partial charge on any atom is 0.243 e. The van der Waals surface area contributed by atoms with Crippen molar-refractivity contribution in [2.45, 2.75) is 17.7 Å². The molecule has 1 aromatic carbocycles. The van der Waals surface area contributed by atoms with Crippen LogP contribution in [0.15, 0.2) is 52.0 Å². The fourth-order valence-electron chi connectivity index (χ4n) is 2.84. The minimum absolute atomic E-state index is 0.0744. The molecule has 0 aliphatic carbocycles. The number of hydrogen-bond acceptors (Lipinski definition) is 5. The molecule has 1 fully saturated rings. The van der Waals surface area contributed by atoms with E-state index in [-0.39, 0.29) is 28.9 Å². The largest absolute Gasteiger partial charge is 0.504 e. The molecule has 1 unspecified atom stereocenters. The van der Waals surface area contributed by atoms with Gasteiger partial charge in [0.2, 0.25) is 15.9 Å². The van der Waals surface area contributed by atoms with Crippen molar-refractivity contribution in [3.63, 3.8) is 0 Å². The lowest BCUT2D eigenvalue weighted by Gasteiger charge is -2.31. The standard InChI is InChI=1S/C17H18BrN3O4S/c18-13-5-7-14(8-6-13)26(24,25)21-10-2-3-12(11-21)17(23)20-16-15(22)4-1-9-19-16/h1,4-9,12,22H,2-3,10-11H2,(H,19,20,23). The monoisotopic (exact) mass is 439 g/mol. The number of amides is 1. The molecule has 2 heterocycles. The Kier molecular flexibility index (Phi) is 5.59. The van der Waals surface area contributed by atoms with E-state index in [2.05, 4.69) is 26.2 Å². The van der Waals surface area contributed by atoms with Crippen molar-refractivity contribution < 1.29 is 18.3 Å². The third kappa shape index (κ3) is 4.05. The van der Waals surface area contributed by atoms with Gasteiger partial charge in [0.15, 0.2) is 11.6 Å². The Bertz CT molecular complexity index is 902. The van der Waals surface area contributed by atoms with E-state index in [1.165, 1.54) is 28.7 Å². The van der Waals surface area contributed by atoms with Crippen molar-refractivity contribution in [1.29, 1.82) is 0 Å². The molecule has 0 radical (unpaired) electrons. The summed E-state index contributed by atoms with van der Waals surface area (Å²) in [5, 5.41) is 12.3. The van der Waals surface area contributed by atoms with Gasteiger partial charge in [-0.2, -0.15) is 4.31 Å². The number of halogens is 1. The maximum absolute atomic E-state index is 12.8. The van der Waals surface area contributed by atoms with E-state index in [0.717, 1.165) is 4.47 Å². The van der Waals surface area contributed by atoms with Crippen molar-refractivity contribution in [3.05, 3.63) is 47.1 Å². The van der Waals surface area contributed by atoms with Crippen LogP contribution in [-0.2, 0) is 14.8 Å². The molecular formula is C17H18BrN3O4S. The highest BCUT2D eigenvalue weighted by Gasteiger charge is 2.33. The van der Waals surface area contributed by atoms with Crippen LogP contribution in [0.3, 0.4) is 0 Å². The fraction of sp³-hybridized carbons (Fsp3) is 0.294. The number of carbonyl (C=O) groups is 1. The lowest BCUT2D eigenvalue weighted by Crippen LogP contribution is -2.43. The fourth-order valence-corrected chi connectivity index (χ4v) is 4.63. The van der Waals surface area contributed by atoms with E-state index in [1.54, 1.807) is 18.2 Å². The Morgan fingerprint density at radius 2 is 2.00 bits per heavy atom. The lowest BCUT2D eigenvalue weighted by molar-refractivity contribution is -0.120. The van der Waals surface area contributed by atoms with E-state index in [0.29, 0.717) is 19.4 Å². The first-order chi connectivity index (χ1) is 12.4. The smallest absolute Gasteiger partial charge is 0.243 e. The number of rotatable bonds is 4. The molecule has 138 valence electrons. The van der Waals surface area contributed by atoms with Gasteiger partial charge in [0.05, 0.1) is 10.8 Å². The summed E-state index contributed by atoms with van der Waals surface area (Å²) >= 11 is 3.29. The minimum Gasteiger partial charge on any atom is -0.504 e. The Balaban J connectivity index is 1.73. The van der Waals surface area contributed by atoms with Gasteiger partial charge in [0, 0.05) is 23.8 Å². The van der Waals surface area contributed by atoms with Crippen LogP contribution >= 0.6 is 15.9 Å². The number of aromatic hydroxyl groups is 1. The second-order valence-electron chi connectivity index (χ2n) is 6.02. The molecule has 1 saturated heterocycles. The molecular weight excluding hydrogens is 422 g/mol. The van der Waals surface area contributed by atoms with Gasteiger partial charge < -0.3 is 10.4 Å². The SMILES string of the molecule is O=C(Nc1ncccc1O)C1CCCN(S(=O)(=O)c2ccc(Br)cc2)C1. The normalized spacial score (nSPS) is 18.4. The Labute approximate surface area is 160 Å². The molecule has 7 nitrogen and oxygen atoms in total. The highest BCUT2D eigenvalue weighted by Crippen LogP contribution is 2.26. The van der Waals surface area contributed by atoms with Gasteiger partial charge in [0.25, 0.3) is 0 Å². The third-order valence-corrected chi connectivity index (χ3v) is 6.64. The average Bonchev–Trinajstić information content (AvgIpc) is 2.64. The molecule has 26 heavy (non-hydrogen) atoms. The van der Waals surface area contributed by atoms with E-state index in [9.17, 15) is 18.3 Å². The van der Waals surface area contributed by atoms with Crippen LogP contribution in [0.4, 0.5) is 5.82 Å². The van der Waals surface area contributed by atoms with E-state index >= 15 is 0 Å². The Morgan fingerprint density at radius 1 is 1.27 bits per heavy atom. The van der Waals surface area contributed by atoms with E-state index in [4.69, 9.17) is 0 Å². The van der Waals surface area contributed by atoms with Crippen LogP contribution in [0, 0.1) is 5.92 Å². The van der Waals surface area contributed by atoms with Crippen molar-refractivity contribution in [2.75, 3.05) is 18.4 Å². The molecule has 9 heteroatoms. The number of sulfonamides is 1. The Morgan fingerprint density at radius 3 is 2.69 bits per heavy atom. The number of aromatic nitrogens is 1. The average molecular weight is 440 g/mol. The summed E-state index contributed by atoms with van der Waals surface area (Å²) in [6.45, 7) is 0.467.